The van der Waals surface area contributed by atoms with Gasteiger partial charge in [0.15, 0.2) is 0 Å². The molecule has 0 fully saturated rings. The van der Waals surface area contributed by atoms with Gasteiger partial charge in [0.1, 0.15) is 17.3 Å². The molecule has 0 aliphatic heterocycles. The zero-order valence-corrected chi connectivity index (χ0v) is 13.4. The number of ether oxygens (including phenoxy) is 1. The maximum atomic E-state index is 12.8. The van der Waals surface area contributed by atoms with E-state index in [2.05, 4.69) is 10.6 Å². The maximum absolute atomic E-state index is 12.8. The van der Waals surface area contributed by atoms with Crippen LogP contribution in [0.2, 0.25) is 0 Å². The summed E-state index contributed by atoms with van der Waals surface area (Å²) in [7, 11) is 0. The monoisotopic (exact) mass is 336 g/mol. The predicted octanol–water partition coefficient (Wildman–Crippen LogP) is 4.67. The highest BCUT2D eigenvalue weighted by Gasteiger charge is 2.03. The van der Waals surface area contributed by atoms with Crippen molar-refractivity contribution in [1.29, 1.82) is 0 Å². The Labute approximate surface area is 145 Å². The van der Waals surface area contributed by atoms with Crippen LogP contribution in [0.1, 0.15) is 0 Å². The van der Waals surface area contributed by atoms with Crippen molar-refractivity contribution in [2.75, 3.05) is 17.2 Å². The third-order valence-corrected chi connectivity index (χ3v) is 3.41. The molecule has 0 saturated carbocycles. The van der Waals surface area contributed by atoms with Gasteiger partial charge in [0.05, 0.1) is 6.54 Å². The highest BCUT2D eigenvalue weighted by Crippen LogP contribution is 2.22. The molecule has 0 spiro atoms. The van der Waals surface area contributed by atoms with E-state index in [9.17, 15) is 9.18 Å². The fourth-order valence-corrected chi connectivity index (χ4v) is 2.19. The highest BCUT2D eigenvalue weighted by atomic mass is 19.1. The van der Waals surface area contributed by atoms with E-state index in [4.69, 9.17) is 4.74 Å². The van der Waals surface area contributed by atoms with E-state index in [0.29, 0.717) is 11.4 Å². The van der Waals surface area contributed by atoms with Crippen LogP contribution < -0.4 is 15.4 Å². The summed E-state index contributed by atoms with van der Waals surface area (Å²) in [4.78, 5) is 11.9. The SMILES string of the molecule is O=C(CNc1ccc(Oc2ccccc2)cc1)Nc1ccc(F)cc1. The molecule has 3 aromatic carbocycles. The van der Waals surface area contributed by atoms with Gasteiger partial charge in [0.25, 0.3) is 0 Å². The molecule has 3 rings (SSSR count). The number of nitrogens with one attached hydrogen (secondary N) is 2. The molecular weight excluding hydrogens is 319 g/mol. The minimum absolute atomic E-state index is 0.107. The Morgan fingerprint density at radius 2 is 1.40 bits per heavy atom. The van der Waals surface area contributed by atoms with Gasteiger partial charge in [-0.25, -0.2) is 4.39 Å². The predicted molar refractivity (Wildman–Crippen MR) is 96.5 cm³/mol. The number of carbonyl (C=O) groups is 1. The summed E-state index contributed by atoms with van der Waals surface area (Å²) < 4.78 is 18.5. The molecule has 0 radical (unpaired) electrons. The fourth-order valence-electron chi connectivity index (χ4n) is 2.19. The summed E-state index contributed by atoms with van der Waals surface area (Å²) >= 11 is 0. The lowest BCUT2D eigenvalue weighted by atomic mass is 10.3. The Kier molecular flexibility index (Phi) is 5.26. The van der Waals surface area contributed by atoms with E-state index >= 15 is 0 Å². The van der Waals surface area contributed by atoms with Crippen molar-refractivity contribution in [1.82, 2.24) is 0 Å². The van der Waals surface area contributed by atoms with Crippen LogP contribution in [0.4, 0.5) is 15.8 Å². The van der Waals surface area contributed by atoms with Gasteiger partial charge < -0.3 is 15.4 Å². The van der Waals surface area contributed by atoms with Crippen molar-refractivity contribution in [3.63, 3.8) is 0 Å². The zero-order chi connectivity index (χ0) is 17.5. The molecule has 0 heterocycles. The second kappa shape index (κ2) is 7.97. The van der Waals surface area contributed by atoms with Gasteiger partial charge in [0.2, 0.25) is 5.91 Å². The summed E-state index contributed by atoms with van der Waals surface area (Å²) in [6.45, 7) is 0.107. The molecule has 5 heteroatoms. The number of anilines is 2. The lowest BCUT2D eigenvalue weighted by Gasteiger charge is -2.09. The van der Waals surface area contributed by atoms with Crippen LogP contribution in [-0.4, -0.2) is 12.5 Å². The zero-order valence-electron chi connectivity index (χ0n) is 13.4. The van der Waals surface area contributed by atoms with Crippen LogP contribution in [0.15, 0.2) is 78.9 Å². The van der Waals surface area contributed by atoms with Crippen molar-refractivity contribution < 1.29 is 13.9 Å². The summed E-state index contributed by atoms with van der Waals surface area (Å²) in [5, 5.41) is 5.72. The van der Waals surface area contributed by atoms with Gasteiger partial charge in [-0.05, 0) is 60.7 Å². The van der Waals surface area contributed by atoms with Crippen LogP contribution in [0.5, 0.6) is 11.5 Å². The molecule has 0 atom stereocenters. The van der Waals surface area contributed by atoms with E-state index in [1.165, 1.54) is 24.3 Å². The first-order valence-electron chi connectivity index (χ1n) is 7.81. The van der Waals surface area contributed by atoms with Crippen LogP contribution in [0, 0.1) is 5.82 Å². The molecule has 25 heavy (non-hydrogen) atoms. The smallest absolute Gasteiger partial charge is 0.243 e. The number of rotatable bonds is 6. The van der Waals surface area contributed by atoms with E-state index < -0.39 is 0 Å². The topological polar surface area (TPSA) is 50.4 Å². The molecule has 4 nitrogen and oxygen atoms in total. The number of halogens is 1. The van der Waals surface area contributed by atoms with E-state index in [1.54, 1.807) is 0 Å². The number of amides is 1. The minimum atomic E-state index is -0.339. The summed E-state index contributed by atoms with van der Waals surface area (Å²) in [5.41, 5.74) is 1.36. The molecule has 0 bridgehead atoms. The molecule has 0 unspecified atom stereocenters. The number of hydrogen-bond donors (Lipinski definition) is 2. The Balaban J connectivity index is 1.49. The third-order valence-electron chi connectivity index (χ3n) is 3.41. The summed E-state index contributed by atoms with van der Waals surface area (Å²) in [5.74, 6) is 0.930. The average Bonchev–Trinajstić information content (AvgIpc) is 2.64. The molecule has 1 amide bonds. The lowest BCUT2D eigenvalue weighted by molar-refractivity contribution is -0.114. The fraction of sp³-hybridized carbons (Fsp3) is 0.0500. The Morgan fingerprint density at radius 3 is 2.08 bits per heavy atom. The first kappa shape index (κ1) is 16.5. The van der Waals surface area contributed by atoms with Crippen molar-refractivity contribution in [2.45, 2.75) is 0 Å². The van der Waals surface area contributed by atoms with Crippen molar-refractivity contribution in [2.24, 2.45) is 0 Å². The van der Waals surface area contributed by atoms with E-state index in [0.717, 1.165) is 11.4 Å². The quantitative estimate of drug-likeness (QED) is 0.688. The van der Waals surface area contributed by atoms with Crippen LogP contribution in [0.3, 0.4) is 0 Å². The molecule has 2 N–H and O–H groups in total. The van der Waals surface area contributed by atoms with Crippen LogP contribution in [-0.2, 0) is 4.79 Å². The largest absolute Gasteiger partial charge is 0.457 e. The van der Waals surface area contributed by atoms with Gasteiger partial charge in [-0.2, -0.15) is 0 Å². The van der Waals surface area contributed by atoms with Crippen molar-refractivity contribution in [3.8, 4) is 11.5 Å². The summed E-state index contributed by atoms with van der Waals surface area (Å²) in [6.07, 6.45) is 0. The molecule has 0 aliphatic rings. The van der Waals surface area contributed by atoms with E-state index in [1.807, 2.05) is 54.6 Å². The van der Waals surface area contributed by atoms with Gasteiger partial charge >= 0.3 is 0 Å². The van der Waals surface area contributed by atoms with Gasteiger partial charge in [-0.1, -0.05) is 18.2 Å². The molecule has 0 saturated heterocycles. The molecular formula is C20H17FN2O2. The first-order valence-corrected chi connectivity index (χ1v) is 7.81. The number of benzene rings is 3. The maximum Gasteiger partial charge on any atom is 0.243 e. The minimum Gasteiger partial charge on any atom is -0.457 e. The standard InChI is InChI=1S/C20H17FN2O2/c21-15-6-8-17(9-7-15)23-20(24)14-22-16-10-12-19(13-11-16)25-18-4-2-1-3-5-18/h1-13,22H,14H2,(H,23,24). The number of hydrogen-bond acceptors (Lipinski definition) is 3. The van der Waals surface area contributed by atoms with Crippen LogP contribution in [0.25, 0.3) is 0 Å². The third kappa shape index (κ3) is 5.07. The second-order valence-electron chi connectivity index (χ2n) is 5.35. The molecule has 126 valence electrons. The summed E-state index contributed by atoms with van der Waals surface area (Å²) in [6, 6.07) is 22.5. The first-order chi connectivity index (χ1) is 12.2. The molecule has 3 aromatic rings. The van der Waals surface area contributed by atoms with Gasteiger partial charge in [0, 0.05) is 11.4 Å². The van der Waals surface area contributed by atoms with Gasteiger partial charge in [-0.15, -0.1) is 0 Å². The lowest BCUT2D eigenvalue weighted by Crippen LogP contribution is -2.21. The highest BCUT2D eigenvalue weighted by molar-refractivity contribution is 5.93. The van der Waals surface area contributed by atoms with E-state index in [-0.39, 0.29) is 18.3 Å². The Morgan fingerprint density at radius 1 is 0.800 bits per heavy atom. The van der Waals surface area contributed by atoms with Gasteiger partial charge in [-0.3, -0.25) is 4.79 Å². The second-order valence-corrected chi connectivity index (χ2v) is 5.35. The normalized spacial score (nSPS) is 10.1. The number of para-hydroxylation sites is 1. The number of carbonyl (C=O) groups excluding carboxylic acids is 1. The Bertz CT molecular complexity index is 819. The molecule has 0 aliphatic carbocycles. The molecule has 0 aromatic heterocycles. The Hall–Kier alpha value is -3.34. The van der Waals surface area contributed by atoms with Crippen molar-refractivity contribution in [3.05, 3.63) is 84.7 Å². The van der Waals surface area contributed by atoms with Crippen molar-refractivity contribution >= 4 is 17.3 Å². The average molecular weight is 336 g/mol. The van der Waals surface area contributed by atoms with Crippen LogP contribution >= 0.6 is 0 Å².